The predicted molar refractivity (Wildman–Crippen MR) is 102 cm³/mol. The lowest BCUT2D eigenvalue weighted by Crippen LogP contribution is -2.27. The van der Waals surface area contributed by atoms with E-state index in [0.717, 1.165) is 43.7 Å². The van der Waals surface area contributed by atoms with Crippen molar-refractivity contribution in [1.29, 1.82) is 0 Å². The first kappa shape index (κ1) is 16.1. The lowest BCUT2D eigenvalue weighted by Gasteiger charge is -2.33. The molecule has 0 radical (unpaired) electrons. The molecule has 3 heterocycles. The fourth-order valence-electron chi connectivity index (χ4n) is 4.07. The molecule has 0 saturated carbocycles. The number of anilines is 2. The first-order valence-electron chi connectivity index (χ1n) is 8.91. The summed E-state index contributed by atoms with van der Waals surface area (Å²) in [6.45, 7) is 8.85. The van der Waals surface area contributed by atoms with Gasteiger partial charge in [-0.05, 0) is 42.6 Å². The second-order valence-electron chi connectivity index (χ2n) is 8.39. The van der Waals surface area contributed by atoms with Crippen molar-refractivity contribution in [1.82, 2.24) is 9.97 Å². The molecule has 6 heteroatoms. The molecule has 2 aromatic rings. The van der Waals surface area contributed by atoms with Crippen molar-refractivity contribution >= 4 is 33.3 Å². The van der Waals surface area contributed by atoms with Crippen LogP contribution in [0.2, 0.25) is 0 Å². The van der Waals surface area contributed by atoms with Crippen LogP contribution in [0.1, 0.15) is 44.1 Å². The molecule has 130 valence electrons. The van der Waals surface area contributed by atoms with Gasteiger partial charge in [-0.1, -0.05) is 20.8 Å². The maximum atomic E-state index is 6.10. The smallest absolute Gasteiger partial charge is 0.222 e. The normalized spacial score (nSPS) is 24.6. The van der Waals surface area contributed by atoms with Crippen molar-refractivity contribution < 1.29 is 0 Å². The molecule has 0 aromatic carbocycles. The molecular formula is C18H27N5S. The fourth-order valence-corrected chi connectivity index (χ4v) is 5.37. The number of hydrogen-bond acceptors (Lipinski definition) is 6. The van der Waals surface area contributed by atoms with Crippen LogP contribution in [-0.2, 0) is 12.8 Å². The zero-order chi connectivity index (χ0) is 17.1. The summed E-state index contributed by atoms with van der Waals surface area (Å²) in [6.07, 6.45) is 4.53. The van der Waals surface area contributed by atoms with Crippen LogP contribution in [0.15, 0.2) is 0 Å². The van der Waals surface area contributed by atoms with Crippen molar-refractivity contribution in [2.75, 3.05) is 23.7 Å². The quantitative estimate of drug-likeness (QED) is 0.830. The summed E-state index contributed by atoms with van der Waals surface area (Å²) in [6, 6.07) is 0.232. The standard InChI is InChI=1S/C18H27N5S/c1-18(2,3)10-4-5-13-12(8-10)14-15(24-13)16(22-17(20)21-14)23-7-6-11(19)9-23/h10-11H,4-9,19H2,1-3H3,(H2,20,21,22). The van der Waals surface area contributed by atoms with Crippen molar-refractivity contribution in [3.63, 3.8) is 0 Å². The Bertz CT molecular complexity index is 776. The number of rotatable bonds is 1. The Hall–Kier alpha value is -1.40. The highest BCUT2D eigenvalue weighted by molar-refractivity contribution is 7.19. The number of nitrogen functional groups attached to an aromatic ring is 1. The summed E-state index contributed by atoms with van der Waals surface area (Å²) in [5, 5.41) is 0. The second-order valence-corrected chi connectivity index (χ2v) is 9.49. The van der Waals surface area contributed by atoms with E-state index in [0.29, 0.717) is 17.3 Å². The molecule has 2 aromatic heterocycles. The molecule has 4 N–H and O–H groups in total. The molecule has 0 spiro atoms. The van der Waals surface area contributed by atoms with Crippen LogP contribution in [-0.4, -0.2) is 29.1 Å². The van der Waals surface area contributed by atoms with Crippen LogP contribution in [0.5, 0.6) is 0 Å². The van der Waals surface area contributed by atoms with E-state index in [4.69, 9.17) is 11.5 Å². The zero-order valence-electron chi connectivity index (χ0n) is 14.8. The Labute approximate surface area is 147 Å². The molecule has 1 aliphatic heterocycles. The second kappa shape index (κ2) is 5.56. The molecule has 1 fully saturated rings. The van der Waals surface area contributed by atoms with E-state index in [9.17, 15) is 0 Å². The van der Waals surface area contributed by atoms with Gasteiger partial charge in [-0.2, -0.15) is 4.98 Å². The number of nitrogens with zero attached hydrogens (tertiary/aromatic N) is 3. The Morgan fingerprint density at radius 3 is 2.67 bits per heavy atom. The average molecular weight is 346 g/mol. The number of thiophene rings is 1. The van der Waals surface area contributed by atoms with Crippen LogP contribution in [0.25, 0.3) is 10.2 Å². The minimum Gasteiger partial charge on any atom is -0.368 e. The minimum absolute atomic E-state index is 0.232. The Morgan fingerprint density at radius 2 is 2.00 bits per heavy atom. The molecule has 4 rings (SSSR count). The van der Waals surface area contributed by atoms with Crippen LogP contribution in [0.3, 0.4) is 0 Å². The van der Waals surface area contributed by atoms with E-state index < -0.39 is 0 Å². The summed E-state index contributed by atoms with van der Waals surface area (Å²) < 4.78 is 1.21. The molecule has 1 aliphatic carbocycles. The van der Waals surface area contributed by atoms with E-state index in [-0.39, 0.29) is 6.04 Å². The maximum absolute atomic E-state index is 6.10. The summed E-state index contributed by atoms with van der Waals surface area (Å²) in [5.74, 6) is 2.08. The van der Waals surface area contributed by atoms with Gasteiger partial charge in [0.2, 0.25) is 5.95 Å². The Morgan fingerprint density at radius 1 is 1.21 bits per heavy atom. The number of nitrogens with two attached hydrogens (primary N) is 2. The van der Waals surface area contributed by atoms with Gasteiger partial charge in [-0.15, -0.1) is 11.3 Å². The van der Waals surface area contributed by atoms with Crippen LogP contribution >= 0.6 is 11.3 Å². The van der Waals surface area contributed by atoms with Gasteiger partial charge in [0.1, 0.15) is 0 Å². The van der Waals surface area contributed by atoms with Crippen molar-refractivity contribution in [3.05, 3.63) is 10.4 Å². The van der Waals surface area contributed by atoms with Gasteiger partial charge in [0.25, 0.3) is 0 Å². The monoisotopic (exact) mass is 345 g/mol. The van der Waals surface area contributed by atoms with Gasteiger partial charge in [0, 0.05) is 24.0 Å². The topological polar surface area (TPSA) is 81.1 Å². The SMILES string of the molecule is CC(C)(C)C1CCc2sc3c(N4CCC(N)C4)nc(N)nc3c2C1. The highest BCUT2D eigenvalue weighted by Gasteiger charge is 2.33. The third-order valence-electron chi connectivity index (χ3n) is 5.63. The van der Waals surface area contributed by atoms with E-state index in [1.165, 1.54) is 21.6 Å². The van der Waals surface area contributed by atoms with Gasteiger partial charge in [0.05, 0.1) is 10.2 Å². The molecule has 2 atom stereocenters. The summed E-state index contributed by atoms with van der Waals surface area (Å²) in [5.41, 5.74) is 15.0. The van der Waals surface area contributed by atoms with Crippen LogP contribution in [0, 0.1) is 11.3 Å². The molecule has 0 bridgehead atoms. The summed E-state index contributed by atoms with van der Waals surface area (Å²) in [7, 11) is 0. The highest BCUT2D eigenvalue weighted by Crippen LogP contribution is 2.45. The number of fused-ring (bicyclic) bond motifs is 3. The number of aromatic nitrogens is 2. The fraction of sp³-hybridized carbons (Fsp3) is 0.667. The van der Waals surface area contributed by atoms with Gasteiger partial charge in [-0.3, -0.25) is 0 Å². The largest absolute Gasteiger partial charge is 0.368 e. The minimum atomic E-state index is 0.232. The van der Waals surface area contributed by atoms with Crippen molar-refractivity contribution in [3.8, 4) is 0 Å². The Kier molecular flexibility index (Phi) is 3.73. The van der Waals surface area contributed by atoms with Crippen LogP contribution in [0.4, 0.5) is 11.8 Å². The molecule has 2 aliphatic rings. The Balaban J connectivity index is 1.80. The molecule has 2 unspecified atom stereocenters. The van der Waals surface area contributed by atoms with E-state index in [1.807, 2.05) is 11.3 Å². The first-order valence-corrected chi connectivity index (χ1v) is 9.73. The summed E-state index contributed by atoms with van der Waals surface area (Å²) >= 11 is 1.87. The van der Waals surface area contributed by atoms with Gasteiger partial charge < -0.3 is 16.4 Å². The third kappa shape index (κ3) is 2.65. The maximum Gasteiger partial charge on any atom is 0.222 e. The van der Waals surface area contributed by atoms with Gasteiger partial charge in [0.15, 0.2) is 5.82 Å². The predicted octanol–water partition coefficient (Wildman–Crippen LogP) is 2.96. The van der Waals surface area contributed by atoms with E-state index >= 15 is 0 Å². The van der Waals surface area contributed by atoms with Gasteiger partial charge >= 0.3 is 0 Å². The molecule has 24 heavy (non-hydrogen) atoms. The lowest BCUT2D eigenvalue weighted by atomic mass is 9.72. The van der Waals surface area contributed by atoms with Gasteiger partial charge in [-0.25, -0.2) is 4.98 Å². The third-order valence-corrected chi connectivity index (χ3v) is 6.91. The van der Waals surface area contributed by atoms with Crippen LogP contribution < -0.4 is 16.4 Å². The number of aryl methyl sites for hydroxylation is 1. The number of hydrogen-bond donors (Lipinski definition) is 2. The first-order chi connectivity index (χ1) is 11.3. The molecular weight excluding hydrogens is 318 g/mol. The average Bonchev–Trinajstić information content (AvgIpc) is 3.09. The zero-order valence-corrected chi connectivity index (χ0v) is 15.6. The van der Waals surface area contributed by atoms with Crippen molar-refractivity contribution in [2.45, 2.75) is 52.5 Å². The highest BCUT2D eigenvalue weighted by atomic mass is 32.1. The molecule has 1 saturated heterocycles. The lowest BCUT2D eigenvalue weighted by molar-refractivity contribution is 0.217. The summed E-state index contributed by atoms with van der Waals surface area (Å²) in [4.78, 5) is 13.0. The van der Waals surface area contributed by atoms with Crippen molar-refractivity contribution in [2.24, 2.45) is 17.1 Å². The van der Waals surface area contributed by atoms with E-state index in [1.54, 1.807) is 0 Å². The molecule has 0 amide bonds. The van der Waals surface area contributed by atoms with E-state index in [2.05, 4.69) is 35.6 Å². The molecule has 5 nitrogen and oxygen atoms in total.